The van der Waals surface area contributed by atoms with Gasteiger partial charge in [-0.1, -0.05) is 6.42 Å². The lowest BCUT2D eigenvalue weighted by Crippen LogP contribution is -2.42. The fraction of sp³-hybridized carbons (Fsp3) is 0.625. The van der Waals surface area contributed by atoms with Crippen molar-refractivity contribution in [2.75, 3.05) is 0 Å². The van der Waals surface area contributed by atoms with Crippen LogP contribution in [-0.4, -0.2) is 17.9 Å². The maximum absolute atomic E-state index is 12.0. The Hall–Kier alpha value is -1.36. The first kappa shape index (κ1) is 16.0. The van der Waals surface area contributed by atoms with Crippen LogP contribution < -0.4 is 11.1 Å². The Labute approximate surface area is 130 Å². The molecule has 3 N–H and O–H groups in total. The van der Waals surface area contributed by atoms with E-state index in [1.165, 1.54) is 15.3 Å². The summed E-state index contributed by atoms with van der Waals surface area (Å²) in [5.41, 5.74) is 6.72. The van der Waals surface area contributed by atoms with Gasteiger partial charge in [-0.3, -0.25) is 9.59 Å². The van der Waals surface area contributed by atoms with Gasteiger partial charge in [0.1, 0.15) is 0 Å². The van der Waals surface area contributed by atoms with Gasteiger partial charge in [-0.15, -0.1) is 11.3 Å². The smallest absolute Gasteiger partial charge is 0.222 e. The quantitative estimate of drug-likeness (QED) is 0.847. The Morgan fingerprint density at radius 3 is 2.76 bits per heavy atom. The molecule has 21 heavy (non-hydrogen) atoms. The van der Waals surface area contributed by atoms with Crippen LogP contribution in [0.5, 0.6) is 0 Å². The van der Waals surface area contributed by atoms with Crippen LogP contribution >= 0.6 is 11.3 Å². The van der Waals surface area contributed by atoms with Crippen molar-refractivity contribution in [3.05, 3.63) is 21.4 Å². The van der Waals surface area contributed by atoms with Gasteiger partial charge in [-0.25, -0.2) is 0 Å². The number of nitrogens with two attached hydrogens (primary N) is 1. The summed E-state index contributed by atoms with van der Waals surface area (Å²) >= 11 is 1.81. The summed E-state index contributed by atoms with van der Waals surface area (Å²) in [5.74, 6) is -0.435. The molecule has 2 atom stereocenters. The molecule has 1 aromatic rings. The molecule has 1 heterocycles. The number of thiophene rings is 1. The van der Waals surface area contributed by atoms with E-state index in [4.69, 9.17) is 5.73 Å². The molecule has 0 aliphatic heterocycles. The molecule has 1 aromatic heterocycles. The molecular formula is C16H24N2O2S. The van der Waals surface area contributed by atoms with Gasteiger partial charge in [0.05, 0.1) is 5.92 Å². The van der Waals surface area contributed by atoms with Crippen LogP contribution in [0.3, 0.4) is 0 Å². The van der Waals surface area contributed by atoms with Crippen LogP contribution in [0.25, 0.3) is 0 Å². The molecule has 0 saturated heterocycles. The maximum atomic E-state index is 12.0. The second-order valence-corrected chi connectivity index (χ2v) is 7.37. The molecular weight excluding hydrogens is 284 g/mol. The fourth-order valence-electron chi connectivity index (χ4n) is 3.12. The van der Waals surface area contributed by atoms with Crippen molar-refractivity contribution in [2.45, 2.75) is 58.4 Å². The number of primary amides is 1. The number of carbonyl (C=O) groups is 2. The Morgan fingerprint density at radius 1 is 1.38 bits per heavy atom. The molecule has 116 valence electrons. The van der Waals surface area contributed by atoms with Crippen molar-refractivity contribution in [2.24, 2.45) is 11.7 Å². The fourth-order valence-corrected chi connectivity index (χ4v) is 4.10. The minimum atomic E-state index is -0.290. The minimum Gasteiger partial charge on any atom is -0.369 e. The molecule has 0 bridgehead atoms. The third-order valence-corrected chi connectivity index (χ3v) is 5.23. The van der Waals surface area contributed by atoms with Gasteiger partial charge in [0, 0.05) is 22.2 Å². The molecule has 2 unspecified atom stereocenters. The Balaban J connectivity index is 1.75. The first-order valence-corrected chi connectivity index (χ1v) is 8.43. The average Bonchev–Trinajstić information content (AvgIpc) is 2.96. The molecule has 0 spiro atoms. The van der Waals surface area contributed by atoms with Gasteiger partial charge in [0.25, 0.3) is 0 Å². The molecule has 0 aromatic carbocycles. The van der Waals surface area contributed by atoms with E-state index in [0.717, 1.165) is 32.1 Å². The van der Waals surface area contributed by atoms with E-state index in [2.05, 4.69) is 25.2 Å². The SMILES string of the molecule is Cc1cc(CCCC(=O)NC2CCCC2C(N)=O)c(C)s1. The van der Waals surface area contributed by atoms with Gasteiger partial charge in [0.15, 0.2) is 0 Å². The summed E-state index contributed by atoms with van der Waals surface area (Å²) in [6.45, 7) is 4.24. The predicted octanol–water partition coefficient (Wildman–Crippen LogP) is 2.46. The maximum Gasteiger partial charge on any atom is 0.222 e. The van der Waals surface area contributed by atoms with Gasteiger partial charge in [0.2, 0.25) is 11.8 Å². The molecule has 0 radical (unpaired) electrons. The molecule has 4 nitrogen and oxygen atoms in total. The number of hydrogen-bond donors (Lipinski definition) is 2. The minimum absolute atomic E-state index is 0.0396. The highest BCUT2D eigenvalue weighted by Crippen LogP contribution is 2.25. The van der Waals surface area contributed by atoms with Gasteiger partial charge in [-0.2, -0.15) is 0 Å². The van der Waals surface area contributed by atoms with E-state index in [1.807, 2.05) is 0 Å². The normalized spacial score (nSPS) is 21.4. The number of rotatable bonds is 6. The van der Waals surface area contributed by atoms with Gasteiger partial charge >= 0.3 is 0 Å². The Morgan fingerprint density at radius 2 is 2.14 bits per heavy atom. The lowest BCUT2D eigenvalue weighted by Gasteiger charge is -2.18. The number of aryl methyl sites for hydroxylation is 3. The first-order valence-electron chi connectivity index (χ1n) is 7.62. The van der Waals surface area contributed by atoms with E-state index < -0.39 is 0 Å². The third-order valence-electron chi connectivity index (χ3n) is 4.22. The monoisotopic (exact) mass is 308 g/mol. The number of nitrogens with one attached hydrogen (secondary N) is 1. The van der Waals surface area contributed by atoms with Crippen LogP contribution in [0.2, 0.25) is 0 Å². The second-order valence-electron chi connectivity index (χ2n) is 5.91. The van der Waals surface area contributed by atoms with Crippen molar-refractivity contribution in [3.8, 4) is 0 Å². The van der Waals surface area contributed by atoms with Crippen molar-refractivity contribution in [3.63, 3.8) is 0 Å². The molecule has 1 fully saturated rings. The number of carbonyl (C=O) groups excluding carboxylic acids is 2. The highest BCUT2D eigenvalue weighted by Gasteiger charge is 2.32. The van der Waals surface area contributed by atoms with Crippen LogP contribution in [0.4, 0.5) is 0 Å². The zero-order valence-corrected chi connectivity index (χ0v) is 13.6. The van der Waals surface area contributed by atoms with E-state index >= 15 is 0 Å². The third kappa shape index (κ3) is 4.30. The highest BCUT2D eigenvalue weighted by molar-refractivity contribution is 7.12. The molecule has 2 rings (SSSR count). The molecule has 1 aliphatic carbocycles. The lowest BCUT2D eigenvalue weighted by atomic mass is 10.0. The van der Waals surface area contributed by atoms with E-state index in [-0.39, 0.29) is 23.8 Å². The summed E-state index contributed by atoms with van der Waals surface area (Å²) in [6.07, 6.45) is 4.92. The zero-order chi connectivity index (χ0) is 15.4. The summed E-state index contributed by atoms with van der Waals surface area (Å²) in [6, 6.07) is 2.15. The van der Waals surface area contributed by atoms with Crippen LogP contribution in [0, 0.1) is 19.8 Å². The van der Waals surface area contributed by atoms with E-state index in [9.17, 15) is 9.59 Å². The molecule has 1 saturated carbocycles. The molecule has 1 aliphatic rings. The van der Waals surface area contributed by atoms with E-state index in [0.29, 0.717) is 6.42 Å². The zero-order valence-electron chi connectivity index (χ0n) is 12.8. The van der Waals surface area contributed by atoms with Crippen LogP contribution in [0.15, 0.2) is 6.07 Å². The summed E-state index contributed by atoms with van der Waals surface area (Å²) in [4.78, 5) is 26.0. The Kier molecular flexibility index (Phi) is 5.39. The number of hydrogen-bond acceptors (Lipinski definition) is 3. The van der Waals surface area contributed by atoms with E-state index in [1.54, 1.807) is 11.3 Å². The van der Waals surface area contributed by atoms with Crippen molar-refractivity contribution >= 4 is 23.2 Å². The predicted molar refractivity (Wildman–Crippen MR) is 85.2 cm³/mol. The van der Waals surface area contributed by atoms with Gasteiger partial charge in [-0.05, 0) is 51.2 Å². The van der Waals surface area contributed by atoms with Crippen LogP contribution in [-0.2, 0) is 16.0 Å². The van der Waals surface area contributed by atoms with Crippen molar-refractivity contribution in [1.29, 1.82) is 0 Å². The molecule has 5 heteroatoms. The Bertz CT molecular complexity index is 524. The second kappa shape index (κ2) is 7.07. The summed E-state index contributed by atoms with van der Waals surface area (Å²) in [5, 5.41) is 2.98. The van der Waals surface area contributed by atoms with Crippen LogP contribution in [0.1, 0.15) is 47.4 Å². The largest absolute Gasteiger partial charge is 0.369 e. The summed E-state index contributed by atoms with van der Waals surface area (Å²) in [7, 11) is 0. The van der Waals surface area contributed by atoms with Gasteiger partial charge < -0.3 is 11.1 Å². The first-order chi connectivity index (χ1) is 9.97. The standard InChI is InChI=1S/C16H24N2O2S/c1-10-9-12(11(2)21-10)5-3-8-15(19)18-14-7-4-6-13(14)16(17)20/h9,13-14H,3-8H2,1-2H3,(H2,17,20)(H,18,19). The highest BCUT2D eigenvalue weighted by atomic mass is 32.1. The topological polar surface area (TPSA) is 72.2 Å². The number of amides is 2. The molecule has 2 amide bonds. The average molecular weight is 308 g/mol. The van der Waals surface area contributed by atoms with Crippen molar-refractivity contribution < 1.29 is 9.59 Å². The van der Waals surface area contributed by atoms with Crippen molar-refractivity contribution in [1.82, 2.24) is 5.32 Å². The summed E-state index contributed by atoms with van der Waals surface area (Å²) < 4.78 is 0. The lowest BCUT2D eigenvalue weighted by molar-refractivity contribution is -0.124.